The molecule has 3 heteroatoms. The van der Waals surface area contributed by atoms with Crippen LogP contribution in [-0.2, 0) is 0 Å². The van der Waals surface area contributed by atoms with Crippen LogP contribution in [0.25, 0.3) is 87.7 Å². The van der Waals surface area contributed by atoms with Crippen molar-refractivity contribution in [3.05, 3.63) is 188 Å². The molecule has 0 saturated carbocycles. The van der Waals surface area contributed by atoms with Crippen LogP contribution in [-0.4, -0.2) is 0 Å². The van der Waals surface area contributed by atoms with Crippen LogP contribution in [0.4, 0.5) is 17.1 Å². The number of hydrogen-bond donors (Lipinski definition) is 0. The first-order chi connectivity index (χ1) is 34.1. The first-order valence-corrected chi connectivity index (χ1v) is 16.4. The lowest BCUT2D eigenvalue weighted by Crippen LogP contribution is -2.12. The highest BCUT2D eigenvalue weighted by molar-refractivity contribution is 6.23. The molecule has 9 aromatic carbocycles. The molecule has 0 aliphatic rings. The maximum Gasteiger partial charge on any atom is 0.143 e. The van der Waals surface area contributed by atoms with Crippen molar-refractivity contribution in [1.29, 1.82) is 0 Å². The summed E-state index contributed by atoms with van der Waals surface area (Å²) in [6.07, 6.45) is 0. The Morgan fingerprint density at radius 2 is 1.28 bits per heavy atom. The molecular formula is C50H31NO2. The van der Waals surface area contributed by atoms with E-state index < -0.39 is 60.4 Å². The standard InChI is InChI=1S/C50H31NO2/c1-2-11-32(12-3-1)34-21-25-37(26-22-34)51(38-27-23-33-13-4-5-15-36(33)31-38)48-41(43-19-10-18-42-40-17-8-9-20-45(40)52-50(42)43)29-30-46-47(48)44-28-24-35-14-6-7-16-39(35)49(44)53-46/h1-31H/i1D,2D,3D,4D,6D,7D,11D,12D,13D,15D,16D,17D,18D,20D,21D,24D,25D,30D,31D. The van der Waals surface area contributed by atoms with Crippen molar-refractivity contribution in [2.45, 2.75) is 0 Å². The minimum Gasteiger partial charge on any atom is -0.455 e. The van der Waals surface area contributed by atoms with Gasteiger partial charge < -0.3 is 13.7 Å². The molecule has 0 spiro atoms. The number of rotatable bonds is 5. The number of hydrogen-bond acceptors (Lipinski definition) is 3. The van der Waals surface area contributed by atoms with Gasteiger partial charge >= 0.3 is 0 Å². The molecule has 0 bridgehead atoms. The Morgan fingerprint density at radius 3 is 2.25 bits per heavy atom. The molecule has 0 aliphatic carbocycles. The predicted octanol–water partition coefficient (Wildman–Crippen LogP) is 14.6. The van der Waals surface area contributed by atoms with Crippen molar-refractivity contribution in [2.75, 3.05) is 4.90 Å². The van der Waals surface area contributed by atoms with Gasteiger partial charge in [0.2, 0.25) is 0 Å². The highest BCUT2D eigenvalue weighted by Gasteiger charge is 2.26. The average Bonchev–Trinajstić information content (AvgIpc) is 3.95. The van der Waals surface area contributed by atoms with Crippen molar-refractivity contribution in [2.24, 2.45) is 0 Å². The lowest BCUT2D eigenvalue weighted by Gasteiger charge is -2.29. The molecule has 53 heavy (non-hydrogen) atoms. The Labute approximate surface area is 332 Å². The number of para-hydroxylation sites is 2. The molecule has 0 atom stereocenters. The van der Waals surface area contributed by atoms with Gasteiger partial charge in [-0.1, -0.05) is 139 Å². The van der Waals surface area contributed by atoms with Crippen LogP contribution in [0.2, 0.25) is 0 Å². The van der Waals surface area contributed by atoms with Gasteiger partial charge in [0.15, 0.2) is 0 Å². The maximum atomic E-state index is 9.88. The van der Waals surface area contributed by atoms with E-state index in [4.69, 9.17) is 28.0 Å². The lowest BCUT2D eigenvalue weighted by atomic mass is 9.95. The molecule has 0 unspecified atom stereocenters. The van der Waals surface area contributed by atoms with Crippen molar-refractivity contribution in [1.82, 2.24) is 0 Å². The summed E-state index contributed by atoms with van der Waals surface area (Å²) in [4.78, 5) is 1.35. The monoisotopic (exact) mass is 696 g/mol. The molecule has 0 saturated heterocycles. The van der Waals surface area contributed by atoms with Gasteiger partial charge in [-0.05, 0) is 75.7 Å². The highest BCUT2D eigenvalue weighted by Crippen LogP contribution is 2.51. The number of nitrogens with zero attached hydrogens (tertiary/aromatic N) is 1. The van der Waals surface area contributed by atoms with Gasteiger partial charge in [-0.25, -0.2) is 0 Å². The van der Waals surface area contributed by atoms with Crippen LogP contribution >= 0.6 is 0 Å². The molecule has 3 nitrogen and oxygen atoms in total. The third kappa shape index (κ3) is 4.68. The predicted molar refractivity (Wildman–Crippen MR) is 222 cm³/mol. The van der Waals surface area contributed by atoms with E-state index in [0.717, 1.165) is 6.07 Å². The quantitative estimate of drug-likeness (QED) is 0.179. The van der Waals surface area contributed by atoms with E-state index >= 15 is 0 Å². The smallest absolute Gasteiger partial charge is 0.143 e. The summed E-state index contributed by atoms with van der Waals surface area (Å²) in [5.74, 6) is 0. The Hall–Kier alpha value is -7.10. The Kier molecular flexibility index (Phi) is 3.65. The Balaban J connectivity index is 1.37. The van der Waals surface area contributed by atoms with Gasteiger partial charge in [0.1, 0.15) is 22.3 Å². The van der Waals surface area contributed by atoms with Gasteiger partial charge in [-0.15, -0.1) is 0 Å². The summed E-state index contributed by atoms with van der Waals surface area (Å²) in [6, 6.07) is 8.41. The van der Waals surface area contributed by atoms with Crippen LogP contribution < -0.4 is 4.90 Å². The van der Waals surface area contributed by atoms with Gasteiger partial charge in [-0.3, -0.25) is 0 Å². The van der Waals surface area contributed by atoms with Crippen molar-refractivity contribution in [3.63, 3.8) is 0 Å². The molecule has 0 radical (unpaired) electrons. The molecule has 0 fully saturated rings. The minimum absolute atomic E-state index is 0.0102. The minimum atomic E-state index is -0.679. The third-order valence-electron chi connectivity index (χ3n) is 9.21. The zero-order chi connectivity index (χ0) is 51.4. The second-order valence-electron chi connectivity index (χ2n) is 12.1. The van der Waals surface area contributed by atoms with Crippen LogP contribution in [0.5, 0.6) is 0 Å². The average molecular weight is 697 g/mol. The Bertz CT molecular complexity index is 4270. The maximum absolute atomic E-state index is 9.88. The molecule has 2 heterocycles. The fraction of sp³-hybridized carbons (Fsp3) is 0. The van der Waals surface area contributed by atoms with E-state index in [1.54, 1.807) is 0 Å². The van der Waals surface area contributed by atoms with Crippen LogP contribution in [0.3, 0.4) is 0 Å². The fourth-order valence-corrected chi connectivity index (χ4v) is 6.87. The number of furan rings is 2. The second-order valence-corrected chi connectivity index (χ2v) is 12.1. The topological polar surface area (TPSA) is 29.5 Å². The zero-order valence-electron chi connectivity index (χ0n) is 46.2. The van der Waals surface area contributed by atoms with Crippen LogP contribution in [0.15, 0.2) is 196 Å². The second kappa shape index (κ2) is 11.7. The summed E-state index contributed by atoms with van der Waals surface area (Å²) in [5, 5.41) is 0.408. The molecule has 248 valence electrons. The summed E-state index contributed by atoms with van der Waals surface area (Å²) < 4.78 is 182. The normalized spacial score (nSPS) is 16.8. The largest absolute Gasteiger partial charge is 0.455 e. The van der Waals surface area contributed by atoms with E-state index in [1.165, 1.54) is 71.6 Å². The molecule has 0 amide bonds. The SMILES string of the molecule is [2H]c1cc2c([2H])cc3c(oc4c([2H])cc(-c5ccc([2H])c6c5oc5c([2H])ccc([2H])c56)c(N(c5ccc(-c6c([2H])c([2H])c([2H])c([2H])c6[2H])c([2H])c5[2H])c5ccc6c([2H])c([2H])cc([2H])c6c5[2H])c43)c2c([2H])c1[2H]. The van der Waals surface area contributed by atoms with E-state index in [0.29, 0.717) is 0 Å². The molecule has 0 N–H and O–H groups in total. The summed E-state index contributed by atoms with van der Waals surface area (Å²) in [6.45, 7) is 0. The van der Waals surface area contributed by atoms with Crippen molar-refractivity contribution < 1.29 is 34.9 Å². The third-order valence-corrected chi connectivity index (χ3v) is 9.21. The summed E-state index contributed by atoms with van der Waals surface area (Å²) in [5.41, 5.74) is -1.01. The highest BCUT2D eigenvalue weighted by atomic mass is 16.3. The number of benzene rings is 9. The van der Waals surface area contributed by atoms with Gasteiger partial charge in [-0.2, -0.15) is 0 Å². The van der Waals surface area contributed by atoms with Crippen molar-refractivity contribution >= 4 is 82.5 Å². The van der Waals surface area contributed by atoms with Crippen LogP contribution in [0, 0.1) is 0 Å². The first-order valence-electron chi connectivity index (χ1n) is 25.9. The summed E-state index contributed by atoms with van der Waals surface area (Å²) >= 11 is 0. The van der Waals surface area contributed by atoms with Crippen molar-refractivity contribution in [3.8, 4) is 22.3 Å². The molecule has 0 aliphatic heterocycles. The molecule has 11 aromatic rings. The summed E-state index contributed by atoms with van der Waals surface area (Å²) in [7, 11) is 0. The molecule has 2 aromatic heterocycles. The van der Waals surface area contributed by atoms with E-state index in [-0.39, 0.29) is 159 Å². The van der Waals surface area contributed by atoms with Crippen LogP contribution in [0.1, 0.15) is 26.0 Å². The van der Waals surface area contributed by atoms with E-state index in [1.807, 2.05) is 0 Å². The van der Waals surface area contributed by atoms with E-state index in [2.05, 4.69) is 0 Å². The number of fused-ring (bicyclic) bond motifs is 9. The Morgan fingerprint density at radius 1 is 0.415 bits per heavy atom. The zero-order valence-corrected chi connectivity index (χ0v) is 27.2. The van der Waals surface area contributed by atoms with Gasteiger partial charge in [0.05, 0.1) is 37.1 Å². The van der Waals surface area contributed by atoms with Gasteiger partial charge in [0, 0.05) is 44.0 Å². The fourth-order valence-electron chi connectivity index (χ4n) is 6.87. The molecular weight excluding hydrogens is 647 g/mol. The molecule has 11 rings (SSSR count). The van der Waals surface area contributed by atoms with E-state index in [9.17, 15) is 6.85 Å². The lowest BCUT2D eigenvalue weighted by molar-refractivity contribution is 0.669. The number of anilines is 3. The first kappa shape index (κ1) is 16.5. The van der Waals surface area contributed by atoms with Gasteiger partial charge in [0.25, 0.3) is 0 Å².